The molecule has 0 bridgehead atoms. The zero-order valence-corrected chi connectivity index (χ0v) is 13.0. The summed E-state index contributed by atoms with van der Waals surface area (Å²) in [4.78, 5) is 25.1. The molecule has 116 valence electrons. The van der Waals surface area contributed by atoms with E-state index in [4.69, 9.17) is 4.74 Å². The lowest BCUT2D eigenvalue weighted by Gasteiger charge is -2.31. The van der Waals surface area contributed by atoms with E-state index in [0.29, 0.717) is 5.92 Å². The van der Waals surface area contributed by atoms with Crippen LogP contribution in [0.2, 0.25) is 0 Å². The van der Waals surface area contributed by atoms with Crippen LogP contribution >= 0.6 is 0 Å². The Morgan fingerprint density at radius 1 is 1.45 bits per heavy atom. The van der Waals surface area contributed by atoms with Crippen molar-refractivity contribution in [1.82, 2.24) is 10.2 Å². The highest BCUT2D eigenvalue weighted by molar-refractivity contribution is 5.79. The van der Waals surface area contributed by atoms with E-state index in [2.05, 4.69) is 19.2 Å². The molecule has 0 aliphatic carbocycles. The van der Waals surface area contributed by atoms with Gasteiger partial charge in [0, 0.05) is 13.1 Å². The molecule has 1 fully saturated rings. The van der Waals surface area contributed by atoms with Crippen molar-refractivity contribution in [3.8, 4) is 0 Å². The standard InChI is InChI=1S/C14H26N2O4/c1-9(2)6-10(3)16(5)13(19)15-11-7-20-8-14(11,4)12(17)18/h9-11H,6-8H2,1-5H3,(H,15,19)(H,17,18). The Morgan fingerprint density at radius 2 is 2.05 bits per heavy atom. The van der Waals surface area contributed by atoms with Crippen molar-refractivity contribution in [2.75, 3.05) is 20.3 Å². The van der Waals surface area contributed by atoms with Crippen molar-refractivity contribution in [3.05, 3.63) is 0 Å². The van der Waals surface area contributed by atoms with Gasteiger partial charge in [-0.05, 0) is 26.2 Å². The Morgan fingerprint density at radius 3 is 2.55 bits per heavy atom. The fourth-order valence-electron chi connectivity index (χ4n) is 2.38. The molecule has 0 radical (unpaired) electrons. The second-order valence-electron chi connectivity index (χ2n) is 6.33. The molecule has 1 aliphatic rings. The Labute approximate surface area is 120 Å². The van der Waals surface area contributed by atoms with Gasteiger partial charge in [-0.25, -0.2) is 4.79 Å². The van der Waals surface area contributed by atoms with Crippen LogP contribution in [0.4, 0.5) is 4.79 Å². The van der Waals surface area contributed by atoms with Crippen molar-refractivity contribution >= 4 is 12.0 Å². The molecule has 3 unspecified atom stereocenters. The van der Waals surface area contributed by atoms with E-state index in [9.17, 15) is 14.7 Å². The first-order chi connectivity index (χ1) is 9.18. The summed E-state index contributed by atoms with van der Waals surface area (Å²) in [7, 11) is 1.73. The molecule has 0 saturated carbocycles. The Bertz CT molecular complexity index is 372. The summed E-state index contributed by atoms with van der Waals surface area (Å²) < 4.78 is 5.23. The van der Waals surface area contributed by atoms with Gasteiger partial charge in [0.15, 0.2) is 0 Å². The number of carboxylic acids is 1. The molecule has 20 heavy (non-hydrogen) atoms. The molecule has 0 aromatic rings. The Balaban J connectivity index is 2.64. The summed E-state index contributed by atoms with van der Waals surface area (Å²) in [6.45, 7) is 8.16. The van der Waals surface area contributed by atoms with Crippen LogP contribution in [0.1, 0.15) is 34.1 Å². The third kappa shape index (κ3) is 3.62. The van der Waals surface area contributed by atoms with Crippen molar-refractivity contribution in [2.24, 2.45) is 11.3 Å². The lowest BCUT2D eigenvalue weighted by atomic mass is 9.85. The maximum atomic E-state index is 12.2. The second kappa shape index (κ2) is 6.43. The molecule has 1 saturated heterocycles. The topological polar surface area (TPSA) is 78.9 Å². The molecule has 0 aromatic heterocycles. The summed E-state index contributed by atoms with van der Waals surface area (Å²) in [6, 6.07) is -0.643. The van der Waals surface area contributed by atoms with Crippen molar-refractivity contribution in [1.29, 1.82) is 0 Å². The quantitative estimate of drug-likeness (QED) is 0.803. The number of nitrogens with one attached hydrogen (secondary N) is 1. The first kappa shape index (κ1) is 16.8. The number of hydrogen-bond donors (Lipinski definition) is 2. The van der Waals surface area contributed by atoms with Crippen molar-refractivity contribution < 1.29 is 19.4 Å². The van der Waals surface area contributed by atoms with E-state index in [1.807, 2.05) is 6.92 Å². The number of carbonyl (C=O) groups excluding carboxylic acids is 1. The van der Waals surface area contributed by atoms with Gasteiger partial charge in [-0.15, -0.1) is 0 Å². The van der Waals surface area contributed by atoms with E-state index in [1.54, 1.807) is 18.9 Å². The Kier molecular flexibility index (Phi) is 5.39. The summed E-state index contributed by atoms with van der Waals surface area (Å²) >= 11 is 0. The molecular weight excluding hydrogens is 260 g/mol. The van der Waals surface area contributed by atoms with Gasteiger partial charge in [0.1, 0.15) is 5.41 Å². The van der Waals surface area contributed by atoms with Crippen molar-refractivity contribution in [3.63, 3.8) is 0 Å². The summed E-state index contributed by atoms with van der Waals surface area (Å²) in [6.07, 6.45) is 0.904. The zero-order valence-electron chi connectivity index (χ0n) is 13.0. The smallest absolute Gasteiger partial charge is 0.317 e. The number of nitrogens with zero attached hydrogens (tertiary/aromatic N) is 1. The molecule has 0 aromatic carbocycles. The SMILES string of the molecule is CC(C)CC(C)N(C)C(=O)NC1COCC1(C)C(=O)O. The summed E-state index contributed by atoms with van der Waals surface area (Å²) in [5.74, 6) is -0.447. The number of hydrogen-bond acceptors (Lipinski definition) is 3. The van der Waals surface area contributed by atoms with E-state index in [1.165, 1.54) is 0 Å². The maximum absolute atomic E-state index is 12.2. The highest BCUT2D eigenvalue weighted by Crippen LogP contribution is 2.28. The first-order valence-corrected chi connectivity index (χ1v) is 7.03. The van der Waals surface area contributed by atoms with E-state index in [0.717, 1.165) is 6.42 Å². The molecule has 1 aliphatic heterocycles. The maximum Gasteiger partial charge on any atom is 0.317 e. The highest BCUT2D eigenvalue weighted by Gasteiger charge is 2.47. The highest BCUT2D eigenvalue weighted by atomic mass is 16.5. The zero-order chi connectivity index (χ0) is 15.5. The van der Waals surface area contributed by atoms with E-state index in [-0.39, 0.29) is 25.3 Å². The summed E-state index contributed by atoms with van der Waals surface area (Å²) in [5.41, 5.74) is -1.06. The molecule has 2 N–H and O–H groups in total. The van der Waals surface area contributed by atoms with Gasteiger partial charge < -0.3 is 20.1 Å². The van der Waals surface area contributed by atoms with Crippen LogP contribution in [0.3, 0.4) is 0 Å². The molecule has 1 heterocycles. The van der Waals surface area contributed by atoms with Crippen LogP contribution in [0.5, 0.6) is 0 Å². The largest absolute Gasteiger partial charge is 0.481 e. The normalized spacial score (nSPS) is 27.4. The predicted molar refractivity (Wildman–Crippen MR) is 75.6 cm³/mol. The molecule has 2 amide bonds. The molecule has 0 spiro atoms. The van der Waals surface area contributed by atoms with Gasteiger partial charge >= 0.3 is 12.0 Å². The van der Waals surface area contributed by atoms with Gasteiger partial charge in [0.05, 0.1) is 19.3 Å². The minimum atomic E-state index is -1.06. The lowest BCUT2D eigenvalue weighted by Crippen LogP contribution is -2.54. The van der Waals surface area contributed by atoms with Gasteiger partial charge in [-0.2, -0.15) is 0 Å². The number of carboxylic acid groups (broad SMARTS) is 1. The van der Waals surface area contributed by atoms with Gasteiger partial charge in [-0.3, -0.25) is 4.79 Å². The third-order valence-electron chi connectivity index (χ3n) is 4.04. The Hall–Kier alpha value is -1.30. The third-order valence-corrected chi connectivity index (χ3v) is 4.04. The first-order valence-electron chi connectivity index (χ1n) is 7.03. The molecule has 3 atom stereocenters. The van der Waals surface area contributed by atoms with Crippen LogP contribution in [-0.2, 0) is 9.53 Å². The number of carbonyl (C=O) groups is 2. The van der Waals surface area contributed by atoms with Crippen molar-refractivity contribution in [2.45, 2.75) is 46.2 Å². The van der Waals surface area contributed by atoms with Crippen LogP contribution in [0, 0.1) is 11.3 Å². The fourth-order valence-corrected chi connectivity index (χ4v) is 2.38. The number of ether oxygens (including phenoxy) is 1. The van der Waals surface area contributed by atoms with Gasteiger partial charge in [0.25, 0.3) is 0 Å². The van der Waals surface area contributed by atoms with E-state index >= 15 is 0 Å². The number of urea groups is 1. The lowest BCUT2D eigenvalue weighted by molar-refractivity contribution is -0.148. The second-order valence-corrected chi connectivity index (χ2v) is 6.33. The molecular formula is C14H26N2O4. The summed E-state index contributed by atoms with van der Waals surface area (Å²) in [5, 5.41) is 12.1. The van der Waals surface area contributed by atoms with Crippen LogP contribution < -0.4 is 5.32 Å². The molecule has 6 nitrogen and oxygen atoms in total. The average molecular weight is 286 g/mol. The van der Waals surface area contributed by atoms with Gasteiger partial charge in [-0.1, -0.05) is 13.8 Å². The predicted octanol–water partition coefficient (Wildman–Crippen LogP) is 1.55. The fraction of sp³-hybridized carbons (Fsp3) is 0.857. The minimum Gasteiger partial charge on any atom is -0.481 e. The van der Waals surface area contributed by atoms with Gasteiger partial charge in [0.2, 0.25) is 0 Å². The number of aliphatic carboxylic acids is 1. The van der Waals surface area contributed by atoms with Crippen LogP contribution in [-0.4, -0.2) is 54.4 Å². The number of rotatable bonds is 5. The van der Waals surface area contributed by atoms with Crippen LogP contribution in [0.25, 0.3) is 0 Å². The van der Waals surface area contributed by atoms with E-state index < -0.39 is 17.4 Å². The number of amides is 2. The van der Waals surface area contributed by atoms with Crippen LogP contribution in [0.15, 0.2) is 0 Å². The molecule has 1 rings (SSSR count). The molecule has 6 heteroatoms. The average Bonchev–Trinajstić information content (AvgIpc) is 2.70. The minimum absolute atomic E-state index is 0.105. The monoisotopic (exact) mass is 286 g/mol.